The van der Waals surface area contributed by atoms with Gasteiger partial charge in [-0.25, -0.2) is 4.79 Å². The number of rotatable bonds is 4. The molecule has 1 N–H and O–H groups in total. The zero-order valence-corrected chi connectivity index (χ0v) is 12.4. The third-order valence-electron chi connectivity index (χ3n) is 3.74. The summed E-state index contributed by atoms with van der Waals surface area (Å²) in [6, 6.07) is 15.7. The van der Waals surface area contributed by atoms with Crippen molar-refractivity contribution in [1.82, 2.24) is 0 Å². The summed E-state index contributed by atoms with van der Waals surface area (Å²) >= 11 is 0. The molecule has 0 atom stereocenters. The van der Waals surface area contributed by atoms with E-state index in [-0.39, 0.29) is 5.63 Å². The SMILES string of the molecule is C=Cc1ccc2c(C)c(NCc3ccccc3)c(=O)oc2c1. The molecule has 1 heterocycles. The molecule has 22 heavy (non-hydrogen) atoms. The van der Waals surface area contributed by atoms with Gasteiger partial charge in [0, 0.05) is 11.9 Å². The Labute approximate surface area is 128 Å². The minimum absolute atomic E-state index is 0.345. The molecule has 0 aliphatic rings. The monoisotopic (exact) mass is 291 g/mol. The van der Waals surface area contributed by atoms with E-state index in [0.29, 0.717) is 17.8 Å². The van der Waals surface area contributed by atoms with Crippen LogP contribution in [0.1, 0.15) is 16.7 Å². The Morgan fingerprint density at radius 3 is 2.68 bits per heavy atom. The van der Waals surface area contributed by atoms with Crippen LogP contribution in [0.5, 0.6) is 0 Å². The summed E-state index contributed by atoms with van der Waals surface area (Å²) in [6.07, 6.45) is 1.73. The molecule has 0 aliphatic heterocycles. The molecule has 0 saturated heterocycles. The van der Waals surface area contributed by atoms with Crippen molar-refractivity contribution < 1.29 is 4.42 Å². The fraction of sp³-hybridized carbons (Fsp3) is 0.105. The van der Waals surface area contributed by atoms with Gasteiger partial charge in [-0.2, -0.15) is 0 Å². The van der Waals surface area contributed by atoms with Crippen molar-refractivity contribution in [2.45, 2.75) is 13.5 Å². The molecular weight excluding hydrogens is 274 g/mol. The van der Waals surface area contributed by atoms with Crippen LogP contribution in [0.4, 0.5) is 5.69 Å². The van der Waals surface area contributed by atoms with Gasteiger partial charge in [0.05, 0.1) is 0 Å². The fourth-order valence-corrected chi connectivity index (χ4v) is 2.49. The Balaban J connectivity index is 1.99. The van der Waals surface area contributed by atoms with Gasteiger partial charge >= 0.3 is 5.63 Å². The van der Waals surface area contributed by atoms with E-state index >= 15 is 0 Å². The number of benzene rings is 2. The first kappa shape index (κ1) is 14.1. The van der Waals surface area contributed by atoms with Gasteiger partial charge in [0.2, 0.25) is 0 Å². The molecule has 0 bridgehead atoms. The third-order valence-corrected chi connectivity index (χ3v) is 3.74. The van der Waals surface area contributed by atoms with Crippen LogP contribution in [0.25, 0.3) is 17.0 Å². The number of hydrogen-bond donors (Lipinski definition) is 1. The minimum Gasteiger partial charge on any atom is -0.421 e. The van der Waals surface area contributed by atoms with E-state index in [1.54, 1.807) is 6.08 Å². The zero-order valence-electron chi connectivity index (χ0n) is 12.4. The number of fused-ring (bicyclic) bond motifs is 1. The van der Waals surface area contributed by atoms with E-state index in [2.05, 4.69) is 11.9 Å². The first-order chi connectivity index (χ1) is 10.7. The van der Waals surface area contributed by atoms with Gasteiger partial charge in [-0.1, -0.05) is 55.1 Å². The Kier molecular flexibility index (Phi) is 3.79. The van der Waals surface area contributed by atoms with Crippen LogP contribution < -0.4 is 10.9 Å². The van der Waals surface area contributed by atoms with E-state index in [0.717, 1.165) is 22.1 Å². The maximum Gasteiger partial charge on any atom is 0.360 e. The molecule has 0 radical (unpaired) electrons. The molecule has 0 unspecified atom stereocenters. The topological polar surface area (TPSA) is 42.2 Å². The second kappa shape index (κ2) is 5.90. The van der Waals surface area contributed by atoms with Crippen LogP contribution in [0.15, 0.2) is 64.3 Å². The quantitative estimate of drug-likeness (QED) is 0.726. The molecular formula is C19H17NO2. The second-order valence-corrected chi connectivity index (χ2v) is 5.19. The predicted molar refractivity (Wildman–Crippen MR) is 91.1 cm³/mol. The summed E-state index contributed by atoms with van der Waals surface area (Å²) in [7, 11) is 0. The molecule has 3 nitrogen and oxygen atoms in total. The van der Waals surface area contributed by atoms with Crippen LogP contribution in [-0.4, -0.2) is 0 Å². The lowest BCUT2D eigenvalue weighted by atomic mass is 10.1. The molecule has 3 aromatic rings. The summed E-state index contributed by atoms with van der Waals surface area (Å²) in [5.74, 6) is 0. The lowest BCUT2D eigenvalue weighted by Crippen LogP contribution is -2.12. The van der Waals surface area contributed by atoms with Crippen LogP contribution in [0.2, 0.25) is 0 Å². The third kappa shape index (κ3) is 2.66. The van der Waals surface area contributed by atoms with Crippen LogP contribution >= 0.6 is 0 Å². The lowest BCUT2D eigenvalue weighted by Gasteiger charge is -2.10. The van der Waals surface area contributed by atoms with E-state index in [9.17, 15) is 4.79 Å². The molecule has 0 amide bonds. The van der Waals surface area contributed by atoms with Crippen molar-refractivity contribution in [3.8, 4) is 0 Å². The minimum atomic E-state index is -0.345. The molecule has 3 rings (SSSR count). The van der Waals surface area contributed by atoms with Gasteiger partial charge in [-0.15, -0.1) is 0 Å². The first-order valence-electron chi connectivity index (χ1n) is 7.17. The van der Waals surface area contributed by atoms with Crippen molar-refractivity contribution in [3.63, 3.8) is 0 Å². The van der Waals surface area contributed by atoms with Gasteiger partial charge in [0.25, 0.3) is 0 Å². The van der Waals surface area contributed by atoms with Crippen molar-refractivity contribution in [2.24, 2.45) is 0 Å². The molecule has 0 aliphatic carbocycles. The Morgan fingerprint density at radius 1 is 1.18 bits per heavy atom. The van der Waals surface area contributed by atoms with Gasteiger partial charge in [-0.05, 0) is 29.7 Å². The summed E-state index contributed by atoms with van der Waals surface area (Å²) in [6.45, 7) is 6.25. The highest BCUT2D eigenvalue weighted by atomic mass is 16.4. The number of nitrogens with one attached hydrogen (secondary N) is 1. The van der Waals surface area contributed by atoms with Crippen LogP contribution in [0.3, 0.4) is 0 Å². The lowest BCUT2D eigenvalue weighted by molar-refractivity contribution is 0.562. The predicted octanol–water partition coefficient (Wildman–Crippen LogP) is 4.36. The van der Waals surface area contributed by atoms with Crippen molar-refractivity contribution in [3.05, 3.63) is 82.2 Å². The van der Waals surface area contributed by atoms with Crippen LogP contribution in [-0.2, 0) is 6.54 Å². The van der Waals surface area contributed by atoms with Gasteiger partial charge in [-0.3, -0.25) is 0 Å². The number of aryl methyl sites for hydroxylation is 1. The van der Waals surface area contributed by atoms with Crippen LogP contribution in [0, 0.1) is 6.92 Å². The van der Waals surface area contributed by atoms with Crippen molar-refractivity contribution >= 4 is 22.7 Å². The molecule has 1 aromatic heterocycles. The van der Waals surface area contributed by atoms with E-state index in [1.807, 2.05) is 55.5 Å². The van der Waals surface area contributed by atoms with E-state index < -0.39 is 0 Å². The summed E-state index contributed by atoms with van der Waals surface area (Å²) in [5, 5.41) is 4.12. The molecule has 3 heteroatoms. The average molecular weight is 291 g/mol. The number of anilines is 1. The first-order valence-corrected chi connectivity index (χ1v) is 7.17. The zero-order chi connectivity index (χ0) is 15.5. The maximum atomic E-state index is 12.2. The van der Waals surface area contributed by atoms with Gasteiger partial charge in [0.1, 0.15) is 11.3 Å². The molecule has 2 aromatic carbocycles. The average Bonchev–Trinajstić information content (AvgIpc) is 2.55. The highest BCUT2D eigenvalue weighted by Crippen LogP contribution is 2.24. The molecule has 0 fully saturated rings. The normalized spacial score (nSPS) is 10.6. The van der Waals surface area contributed by atoms with E-state index in [1.165, 1.54) is 0 Å². The summed E-state index contributed by atoms with van der Waals surface area (Å²) in [4.78, 5) is 12.2. The number of hydrogen-bond acceptors (Lipinski definition) is 3. The highest BCUT2D eigenvalue weighted by molar-refractivity contribution is 5.86. The largest absolute Gasteiger partial charge is 0.421 e. The summed E-state index contributed by atoms with van der Waals surface area (Å²) in [5.41, 5.74) is 3.70. The highest BCUT2D eigenvalue weighted by Gasteiger charge is 2.11. The van der Waals surface area contributed by atoms with Crippen molar-refractivity contribution in [1.29, 1.82) is 0 Å². The van der Waals surface area contributed by atoms with E-state index in [4.69, 9.17) is 4.42 Å². The molecule has 0 saturated carbocycles. The maximum absolute atomic E-state index is 12.2. The van der Waals surface area contributed by atoms with Crippen molar-refractivity contribution in [2.75, 3.05) is 5.32 Å². The standard InChI is InChI=1S/C19H17NO2/c1-3-14-9-10-16-13(2)18(19(21)22-17(16)11-14)20-12-15-7-5-4-6-8-15/h3-11,20H,1,12H2,2H3. The molecule has 0 spiro atoms. The fourth-order valence-electron chi connectivity index (χ4n) is 2.49. The second-order valence-electron chi connectivity index (χ2n) is 5.19. The van der Waals surface area contributed by atoms with Gasteiger partial charge in [0.15, 0.2) is 0 Å². The Bertz CT molecular complexity index is 879. The smallest absolute Gasteiger partial charge is 0.360 e. The Hall–Kier alpha value is -2.81. The Morgan fingerprint density at radius 2 is 1.95 bits per heavy atom. The summed E-state index contributed by atoms with van der Waals surface area (Å²) < 4.78 is 5.44. The van der Waals surface area contributed by atoms with Gasteiger partial charge < -0.3 is 9.73 Å². The molecule has 110 valence electrons.